The highest BCUT2D eigenvalue weighted by Gasteiger charge is 2.34. The number of allylic oxidation sites excluding steroid dienone is 4. The molecular formula is C32H31N5O6S. The lowest BCUT2D eigenvalue weighted by molar-refractivity contribution is -0.123. The number of benzene rings is 2. The Morgan fingerprint density at radius 3 is 2.50 bits per heavy atom. The maximum atomic E-state index is 13.7. The fraction of sp³-hybridized carbons (Fsp3) is 0.188. The highest BCUT2D eigenvalue weighted by Crippen LogP contribution is 2.35. The zero-order valence-corrected chi connectivity index (χ0v) is 25.4. The van der Waals surface area contributed by atoms with Crippen molar-refractivity contribution in [1.82, 2.24) is 19.8 Å². The van der Waals surface area contributed by atoms with E-state index in [-0.39, 0.29) is 33.7 Å². The second-order valence-electron chi connectivity index (χ2n) is 9.63. The van der Waals surface area contributed by atoms with Crippen molar-refractivity contribution in [3.63, 3.8) is 0 Å². The molecule has 0 spiro atoms. The summed E-state index contributed by atoms with van der Waals surface area (Å²) >= 11 is 1.09. The van der Waals surface area contributed by atoms with Gasteiger partial charge in [0, 0.05) is 13.2 Å². The van der Waals surface area contributed by atoms with Gasteiger partial charge in [-0.05, 0) is 92.2 Å². The summed E-state index contributed by atoms with van der Waals surface area (Å²) in [4.78, 5) is 44.5. The predicted molar refractivity (Wildman–Crippen MR) is 170 cm³/mol. The van der Waals surface area contributed by atoms with Gasteiger partial charge in [-0.2, -0.15) is 5.01 Å². The normalized spacial score (nSPS) is 17.6. The van der Waals surface area contributed by atoms with Crippen LogP contribution in [0.2, 0.25) is 0 Å². The summed E-state index contributed by atoms with van der Waals surface area (Å²) in [6, 6.07) is 14.0. The zero-order chi connectivity index (χ0) is 31.4. The number of ether oxygens (including phenoxy) is 2. The van der Waals surface area contributed by atoms with Crippen molar-refractivity contribution in [3.8, 4) is 17.2 Å². The van der Waals surface area contributed by atoms with Crippen molar-refractivity contribution in [2.75, 3.05) is 13.2 Å². The summed E-state index contributed by atoms with van der Waals surface area (Å²) in [5.74, 6) is -0.192. The zero-order valence-electron chi connectivity index (χ0n) is 24.6. The molecule has 0 atom stereocenters. The lowest BCUT2D eigenvalue weighted by Gasteiger charge is -2.16. The number of carbonyl (C=O) groups is 2. The summed E-state index contributed by atoms with van der Waals surface area (Å²) < 4.78 is 14.1. The summed E-state index contributed by atoms with van der Waals surface area (Å²) in [6.07, 6.45) is 7.77. The maximum absolute atomic E-state index is 13.7. The first-order valence-electron chi connectivity index (χ1n) is 13.9. The second-order valence-corrected chi connectivity index (χ2v) is 10.6. The third kappa shape index (κ3) is 6.11. The van der Waals surface area contributed by atoms with Gasteiger partial charge in [-0.25, -0.2) is 9.67 Å². The minimum Gasteiger partial charge on any atom is -0.504 e. The number of phenolic OH excluding ortho intramolecular Hbond substituents is 1. The number of hydrogen-bond acceptors (Lipinski definition) is 9. The molecule has 1 aliphatic carbocycles. The lowest BCUT2D eigenvalue weighted by Crippen LogP contribution is -2.39. The molecule has 1 amide bonds. The molecule has 3 aromatic rings. The van der Waals surface area contributed by atoms with Crippen LogP contribution in [0.3, 0.4) is 0 Å². The van der Waals surface area contributed by atoms with Crippen molar-refractivity contribution in [2.45, 2.75) is 20.8 Å². The van der Waals surface area contributed by atoms with Crippen LogP contribution in [0.15, 0.2) is 99.0 Å². The molecule has 1 aromatic heterocycles. The average Bonchev–Trinajstić information content (AvgIpc) is 3.42. The molecule has 1 aliphatic heterocycles. The number of aromatic nitrogens is 2. The number of aromatic hydroxyl groups is 1. The molecule has 226 valence electrons. The summed E-state index contributed by atoms with van der Waals surface area (Å²) in [5.41, 5.74) is 5.32. The van der Waals surface area contributed by atoms with Gasteiger partial charge in [0.25, 0.3) is 11.5 Å². The quantitative estimate of drug-likeness (QED) is 0.334. The molecule has 2 N–H and O–H groups in total. The van der Waals surface area contributed by atoms with Gasteiger partial charge in [-0.15, -0.1) is 0 Å². The van der Waals surface area contributed by atoms with E-state index in [1.54, 1.807) is 62.1 Å². The van der Waals surface area contributed by atoms with E-state index in [0.717, 1.165) is 11.8 Å². The van der Waals surface area contributed by atoms with Crippen LogP contribution in [0.4, 0.5) is 5.69 Å². The number of amidine groups is 1. The number of nitrogens with one attached hydrogen (secondary N) is 1. The van der Waals surface area contributed by atoms with Gasteiger partial charge >= 0.3 is 0 Å². The van der Waals surface area contributed by atoms with Crippen molar-refractivity contribution in [1.29, 1.82) is 0 Å². The molecule has 44 heavy (non-hydrogen) atoms. The van der Waals surface area contributed by atoms with Gasteiger partial charge in [-0.3, -0.25) is 24.5 Å². The van der Waals surface area contributed by atoms with Gasteiger partial charge in [-0.1, -0.05) is 24.3 Å². The molecule has 2 aromatic carbocycles. The molecule has 2 aliphatic rings. The molecule has 1 fully saturated rings. The number of rotatable bonds is 9. The molecule has 0 saturated carbocycles. The SMILES string of the molecule is CCOC1=C/C(=C/NN2C(=O)/C(=C/c3ccc(O)c(OCC)c3)SC2=Nc2c(C)n(C)n(-c3ccccc3)c2=O)C=CC1=O. The van der Waals surface area contributed by atoms with E-state index in [9.17, 15) is 19.5 Å². The third-order valence-corrected chi connectivity index (χ3v) is 7.72. The molecule has 0 radical (unpaired) electrons. The number of hydrazine groups is 1. The van der Waals surface area contributed by atoms with Gasteiger partial charge < -0.3 is 14.6 Å². The number of carbonyl (C=O) groups excluding carboxylic acids is 2. The monoisotopic (exact) mass is 613 g/mol. The average molecular weight is 614 g/mol. The molecule has 12 heteroatoms. The van der Waals surface area contributed by atoms with Crippen LogP contribution in [0.5, 0.6) is 11.5 Å². The third-order valence-electron chi connectivity index (χ3n) is 6.75. The largest absolute Gasteiger partial charge is 0.504 e. The Balaban J connectivity index is 1.56. The molecule has 1 saturated heterocycles. The van der Waals surface area contributed by atoms with Crippen LogP contribution >= 0.6 is 11.8 Å². The number of nitrogens with zero attached hydrogens (tertiary/aromatic N) is 4. The number of phenols is 1. The van der Waals surface area contributed by atoms with Crippen molar-refractivity contribution in [2.24, 2.45) is 12.0 Å². The lowest BCUT2D eigenvalue weighted by atomic mass is 10.1. The van der Waals surface area contributed by atoms with Crippen molar-refractivity contribution >= 4 is 40.4 Å². The van der Waals surface area contributed by atoms with Crippen molar-refractivity contribution < 1.29 is 24.2 Å². The number of hydrogen-bond donors (Lipinski definition) is 2. The van der Waals surface area contributed by atoms with E-state index in [2.05, 4.69) is 5.43 Å². The Morgan fingerprint density at radius 1 is 1.02 bits per heavy atom. The maximum Gasteiger partial charge on any atom is 0.297 e. The number of ketones is 1. The number of para-hydroxylation sites is 1. The summed E-state index contributed by atoms with van der Waals surface area (Å²) in [5, 5.41) is 11.6. The van der Waals surface area contributed by atoms with E-state index in [1.807, 2.05) is 37.3 Å². The Morgan fingerprint density at radius 2 is 1.77 bits per heavy atom. The first-order chi connectivity index (χ1) is 21.2. The van der Waals surface area contributed by atoms with Crippen LogP contribution in [0.1, 0.15) is 25.1 Å². The highest BCUT2D eigenvalue weighted by molar-refractivity contribution is 8.18. The van der Waals surface area contributed by atoms with E-state index >= 15 is 0 Å². The van der Waals surface area contributed by atoms with Crippen LogP contribution in [0.25, 0.3) is 11.8 Å². The number of aliphatic imine (C=N–C) groups is 1. The molecule has 0 bridgehead atoms. The Kier molecular flexibility index (Phi) is 8.91. The second kappa shape index (κ2) is 13.0. The smallest absolute Gasteiger partial charge is 0.297 e. The minimum absolute atomic E-state index is 0.00989. The highest BCUT2D eigenvalue weighted by atomic mass is 32.2. The molecule has 5 rings (SSSR count). The number of thioether (sulfide) groups is 1. The van der Waals surface area contributed by atoms with Crippen molar-refractivity contribution in [3.05, 3.63) is 111 Å². The van der Waals surface area contributed by atoms with E-state index in [1.165, 1.54) is 21.8 Å². The first-order valence-corrected chi connectivity index (χ1v) is 14.7. The Bertz CT molecular complexity index is 1830. The van der Waals surface area contributed by atoms with E-state index in [0.29, 0.717) is 46.4 Å². The molecular weight excluding hydrogens is 582 g/mol. The minimum atomic E-state index is -0.418. The van der Waals surface area contributed by atoms with E-state index in [4.69, 9.17) is 14.5 Å². The van der Waals surface area contributed by atoms with Gasteiger partial charge in [0.1, 0.15) is 0 Å². The fourth-order valence-electron chi connectivity index (χ4n) is 4.51. The van der Waals surface area contributed by atoms with Crippen LogP contribution in [-0.4, -0.2) is 49.6 Å². The first kappa shape index (κ1) is 30.2. The topological polar surface area (TPSA) is 127 Å². The van der Waals surface area contributed by atoms with Crippen LogP contribution in [-0.2, 0) is 21.4 Å². The summed E-state index contributed by atoms with van der Waals surface area (Å²) in [6.45, 7) is 6.07. The Labute approximate surface area is 258 Å². The van der Waals surface area contributed by atoms with Gasteiger partial charge in [0.15, 0.2) is 28.1 Å². The number of amides is 1. The Hall–Kier alpha value is -5.23. The van der Waals surface area contributed by atoms with Gasteiger partial charge in [0.2, 0.25) is 5.78 Å². The molecule has 11 nitrogen and oxygen atoms in total. The fourth-order valence-corrected chi connectivity index (χ4v) is 5.44. The summed E-state index contributed by atoms with van der Waals surface area (Å²) in [7, 11) is 1.77. The van der Waals surface area contributed by atoms with Gasteiger partial charge in [0.05, 0.1) is 29.5 Å². The predicted octanol–water partition coefficient (Wildman–Crippen LogP) is 4.64. The van der Waals surface area contributed by atoms with Crippen LogP contribution < -0.4 is 15.7 Å². The van der Waals surface area contributed by atoms with Crippen LogP contribution in [0, 0.1) is 6.92 Å². The standard InChI is InChI=1S/C32H31N5O6S/c1-5-42-26-16-21(12-14-24(26)38)18-28-30(40)36(33-19-22-13-15-25(39)27(17-22)43-6-2)32(44-28)34-29-20(3)35(4)37(31(29)41)23-10-8-7-9-11-23/h7-19,33,38H,5-6H2,1-4H3/b22-19+,28-18-,34-32?. The molecule has 2 heterocycles. The van der Waals surface area contributed by atoms with E-state index < -0.39 is 5.91 Å². The molecule has 0 unspecified atom stereocenters.